The molecule has 3 aromatic rings. The number of aromatic nitrogens is 1. The van der Waals surface area contributed by atoms with Crippen molar-refractivity contribution in [3.8, 4) is 5.75 Å². The third kappa shape index (κ3) is 3.81. The van der Waals surface area contributed by atoms with Crippen molar-refractivity contribution in [2.24, 2.45) is 0 Å². The molecule has 0 spiro atoms. The van der Waals surface area contributed by atoms with Crippen LogP contribution in [0.15, 0.2) is 46.1 Å². The number of sulfonamides is 1. The fraction of sp³-hybridized carbons (Fsp3) is 0.400. The molecule has 0 radical (unpaired) electrons. The van der Waals surface area contributed by atoms with Crippen molar-refractivity contribution in [3.63, 3.8) is 0 Å². The summed E-state index contributed by atoms with van der Waals surface area (Å²) in [5.74, 6) is 0.577. The molecule has 8 heteroatoms. The molecular weight excluding hydrogens is 438 g/mol. The van der Waals surface area contributed by atoms with E-state index in [1.807, 2.05) is 39.1 Å². The highest BCUT2D eigenvalue weighted by Gasteiger charge is 2.36. The van der Waals surface area contributed by atoms with Crippen molar-refractivity contribution in [3.05, 3.63) is 63.4 Å². The molecule has 0 atom stereocenters. The smallest absolute Gasteiger partial charge is 0.252 e. The molecule has 5 rings (SSSR count). The van der Waals surface area contributed by atoms with Gasteiger partial charge in [-0.15, -0.1) is 0 Å². The number of hydrogen-bond donors (Lipinski definition) is 1. The van der Waals surface area contributed by atoms with Gasteiger partial charge in [-0.3, -0.25) is 4.79 Å². The first kappa shape index (κ1) is 22.0. The fourth-order valence-electron chi connectivity index (χ4n) is 4.57. The largest absolute Gasteiger partial charge is 0.490 e. The number of fused-ring (bicyclic) bond motifs is 2. The van der Waals surface area contributed by atoms with E-state index in [1.165, 1.54) is 4.31 Å². The standard InChI is InChI=1S/C25H29N3O4S/c1-16-7-8-18-13-19(25(29)26-24(18)17(16)2)15-28(20-5-4-6-20)33(30,31)21-9-10-22-23(14-21)32-12-11-27(22)3/h7-10,13-14,20H,4-6,11-12,15H2,1-3H3,(H,26,29). The highest BCUT2D eigenvalue weighted by atomic mass is 32.2. The number of anilines is 1. The second kappa shape index (κ2) is 8.18. The molecule has 7 nitrogen and oxygen atoms in total. The molecule has 2 aliphatic rings. The van der Waals surface area contributed by atoms with Gasteiger partial charge in [0.1, 0.15) is 12.4 Å². The summed E-state index contributed by atoms with van der Waals surface area (Å²) in [5.41, 5.74) is 4.02. The van der Waals surface area contributed by atoms with Gasteiger partial charge in [0.2, 0.25) is 10.0 Å². The lowest BCUT2D eigenvalue weighted by molar-refractivity contribution is 0.213. The number of aryl methyl sites for hydroxylation is 2. The Labute approximate surface area is 194 Å². The molecule has 2 heterocycles. The van der Waals surface area contributed by atoms with Crippen molar-refractivity contribution in [2.45, 2.75) is 50.6 Å². The van der Waals surface area contributed by atoms with Gasteiger partial charge in [-0.1, -0.05) is 18.6 Å². The van der Waals surface area contributed by atoms with E-state index in [0.717, 1.165) is 53.5 Å². The van der Waals surface area contributed by atoms with Gasteiger partial charge in [-0.25, -0.2) is 8.42 Å². The Hall–Kier alpha value is -2.84. The van der Waals surface area contributed by atoms with Crippen molar-refractivity contribution >= 4 is 26.6 Å². The van der Waals surface area contributed by atoms with Crippen LogP contribution in [-0.2, 0) is 16.6 Å². The minimum Gasteiger partial charge on any atom is -0.490 e. The van der Waals surface area contributed by atoms with E-state index in [-0.39, 0.29) is 23.0 Å². The van der Waals surface area contributed by atoms with Gasteiger partial charge in [-0.05, 0) is 61.4 Å². The van der Waals surface area contributed by atoms with E-state index in [1.54, 1.807) is 18.2 Å². The molecule has 1 N–H and O–H groups in total. The van der Waals surface area contributed by atoms with Crippen LogP contribution in [-0.4, -0.2) is 43.9 Å². The molecule has 0 unspecified atom stereocenters. The molecule has 1 saturated carbocycles. The summed E-state index contributed by atoms with van der Waals surface area (Å²) in [4.78, 5) is 18.2. The van der Waals surface area contributed by atoms with Crippen LogP contribution < -0.4 is 15.2 Å². The molecule has 33 heavy (non-hydrogen) atoms. The first-order valence-electron chi connectivity index (χ1n) is 11.4. The second-order valence-corrected chi connectivity index (χ2v) is 11.0. The molecule has 1 aromatic heterocycles. The van der Waals surface area contributed by atoms with Gasteiger partial charge in [0.05, 0.1) is 22.6 Å². The zero-order valence-corrected chi connectivity index (χ0v) is 20.0. The molecule has 1 aliphatic heterocycles. The van der Waals surface area contributed by atoms with Crippen LogP contribution in [0.25, 0.3) is 10.9 Å². The van der Waals surface area contributed by atoms with Crippen LogP contribution in [0, 0.1) is 13.8 Å². The van der Waals surface area contributed by atoms with Gasteiger partial charge in [0.25, 0.3) is 5.56 Å². The summed E-state index contributed by atoms with van der Waals surface area (Å²) in [6.07, 6.45) is 2.59. The molecule has 2 aromatic carbocycles. The molecule has 0 saturated heterocycles. The van der Waals surface area contributed by atoms with Crippen LogP contribution >= 0.6 is 0 Å². The summed E-state index contributed by atoms with van der Waals surface area (Å²) < 4.78 is 34.8. The van der Waals surface area contributed by atoms with Crippen molar-refractivity contribution in [2.75, 3.05) is 25.1 Å². The molecule has 0 bridgehead atoms. The number of likely N-dealkylation sites (N-methyl/N-ethyl adjacent to an activating group) is 1. The van der Waals surface area contributed by atoms with E-state index in [2.05, 4.69) is 9.88 Å². The third-order valence-corrected chi connectivity index (χ3v) is 8.96. The number of nitrogens with zero attached hydrogens (tertiary/aromatic N) is 2. The number of nitrogens with one attached hydrogen (secondary N) is 1. The van der Waals surface area contributed by atoms with Crippen molar-refractivity contribution in [1.29, 1.82) is 0 Å². The lowest BCUT2D eigenvalue weighted by Gasteiger charge is -2.36. The van der Waals surface area contributed by atoms with E-state index < -0.39 is 10.0 Å². The Morgan fingerprint density at radius 1 is 1.15 bits per heavy atom. The predicted octanol–water partition coefficient (Wildman–Crippen LogP) is 3.72. The average molecular weight is 468 g/mol. The van der Waals surface area contributed by atoms with Crippen molar-refractivity contribution < 1.29 is 13.2 Å². The zero-order valence-electron chi connectivity index (χ0n) is 19.2. The maximum Gasteiger partial charge on any atom is 0.252 e. The highest BCUT2D eigenvalue weighted by molar-refractivity contribution is 7.89. The molecule has 174 valence electrons. The number of hydrogen-bond acceptors (Lipinski definition) is 5. The van der Waals surface area contributed by atoms with Gasteiger partial charge in [-0.2, -0.15) is 4.31 Å². The number of aromatic amines is 1. The molecular formula is C25H29N3O4S. The maximum absolute atomic E-state index is 13.8. The zero-order chi connectivity index (χ0) is 23.3. The lowest BCUT2D eigenvalue weighted by atomic mass is 9.93. The van der Waals surface area contributed by atoms with Crippen LogP contribution in [0.1, 0.15) is 36.0 Å². The molecule has 0 amide bonds. The minimum absolute atomic E-state index is 0.0447. The van der Waals surface area contributed by atoms with Gasteiger partial charge in [0, 0.05) is 31.3 Å². The Morgan fingerprint density at radius 2 is 1.94 bits per heavy atom. The molecule has 1 fully saturated rings. The topological polar surface area (TPSA) is 82.7 Å². The average Bonchev–Trinajstić information content (AvgIpc) is 2.75. The Morgan fingerprint density at radius 3 is 2.67 bits per heavy atom. The minimum atomic E-state index is -3.81. The molecule has 1 aliphatic carbocycles. The first-order chi connectivity index (χ1) is 15.8. The fourth-order valence-corrected chi connectivity index (χ4v) is 6.25. The Kier molecular flexibility index (Phi) is 5.45. The SMILES string of the molecule is Cc1ccc2cc(CN(C3CCC3)S(=O)(=O)c3ccc4c(c3)OCCN4C)c(=O)[nH]c2c1C. The third-order valence-electron chi connectivity index (χ3n) is 7.07. The van der Waals surface area contributed by atoms with Gasteiger partial charge in [0.15, 0.2) is 0 Å². The normalized spacial score (nSPS) is 16.5. The van der Waals surface area contributed by atoms with Crippen molar-refractivity contribution in [1.82, 2.24) is 9.29 Å². The van der Waals surface area contributed by atoms with E-state index in [0.29, 0.717) is 17.9 Å². The number of H-pyrrole nitrogens is 1. The van der Waals surface area contributed by atoms with Gasteiger partial charge < -0.3 is 14.6 Å². The number of ether oxygens (including phenoxy) is 1. The highest BCUT2D eigenvalue weighted by Crippen LogP contribution is 2.36. The second-order valence-electron chi connectivity index (χ2n) is 9.13. The summed E-state index contributed by atoms with van der Waals surface area (Å²) in [5, 5.41) is 0.906. The summed E-state index contributed by atoms with van der Waals surface area (Å²) in [6, 6.07) is 10.8. The van der Waals surface area contributed by atoms with Gasteiger partial charge >= 0.3 is 0 Å². The number of pyridine rings is 1. The first-order valence-corrected chi connectivity index (χ1v) is 12.8. The quantitative estimate of drug-likeness (QED) is 0.619. The number of benzene rings is 2. The van der Waals surface area contributed by atoms with Crippen LogP contribution in [0.2, 0.25) is 0 Å². The summed E-state index contributed by atoms with van der Waals surface area (Å²) >= 11 is 0. The maximum atomic E-state index is 13.8. The van der Waals surface area contributed by atoms with E-state index in [9.17, 15) is 13.2 Å². The van der Waals surface area contributed by atoms with E-state index in [4.69, 9.17) is 4.74 Å². The lowest BCUT2D eigenvalue weighted by Crippen LogP contribution is -2.44. The van der Waals surface area contributed by atoms with Crippen LogP contribution in [0.3, 0.4) is 0 Å². The van der Waals surface area contributed by atoms with Crippen LogP contribution in [0.4, 0.5) is 5.69 Å². The summed E-state index contributed by atoms with van der Waals surface area (Å²) in [7, 11) is -1.85. The van der Waals surface area contributed by atoms with E-state index >= 15 is 0 Å². The number of rotatable bonds is 5. The van der Waals surface area contributed by atoms with Crippen LogP contribution in [0.5, 0.6) is 5.75 Å². The Bertz CT molecular complexity index is 1390. The Balaban J connectivity index is 1.54. The summed E-state index contributed by atoms with van der Waals surface area (Å²) in [6.45, 7) is 5.31. The predicted molar refractivity (Wildman–Crippen MR) is 130 cm³/mol. The monoisotopic (exact) mass is 467 g/mol.